The van der Waals surface area contributed by atoms with Crippen LogP contribution in [0, 0.1) is 5.82 Å². The van der Waals surface area contributed by atoms with Crippen molar-refractivity contribution in [2.45, 2.75) is 13.5 Å². The molecule has 0 saturated carbocycles. The molecule has 100 valence electrons. The number of rotatable bonds is 5. The lowest BCUT2D eigenvalue weighted by Crippen LogP contribution is -2.24. The third-order valence-electron chi connectivity index (χ3n) is 2.48. The number of hydrogen-bond acceptors (Lipinski definition) is 4. The van der Waals surface area contributed by atoms with Crippen molar-refractivity contribution in [1.82, 2.24) is 10.3 Å². The van der Waals surface area contributed by atoms with Crippen molar-refractivity contribution < 1.29 is 13.6 Å². The highest BCUT2D eigenvalue weighted by molar-refractivity contribution is 5.98. The Kier molecular flexibility index (Phi) is 4.12. The van der Waals surface area contributed by atoms with E-state index in [-0.39, 0.29) is 11.5 Å². The SMILES string of the molecule is CCNc1ncc(F)cc1C(=O)NCc1ccoc1. The van der Waals surface area contributed by atoms with Crippen LogP contribution in [0.2, 0.25) is 0 Å². The van der Waals surface area contributed by atoms with Crippen molar-refractivity contribution in [1.29, 1.82) is 0 Å². The summed E-state index contributed by atoms with van der Waals surface area (Å²) in [4.78, 5) is 15.9. The average molecular weight is 263 g/mol. The van der Waals surface area contributed by atoms with E-state index in [1.54, 1.807) is 6.07 Å². The quantitative estimate of drug-likeness (QED) is 0.867. The van der Waals surface area contributed by atoms with E-state index in [0.29, 0.717) is 18.9 Å². The van der Waals surface area contributed by atoms with E-state index in [1.807, 2.05) is 6.92 Å². The van der Waals surface area contributed by atoms with Gasteiger partial charge in [0, 0.05) is 18.7 Å². The smallest absolute Gasteiger partial charge is 0.255 e. The first-order valence-corrected chi connectivity index (χ1v) is 5.89. The second kappa shape index (κ2) is 5.99. The molecule has 0 atom stereocenters. The number of carbonyl (C=O) groups excluding carboxylic acids is 1. The lowest BCUT2D eigenvalue weighted by Gasteiger charge is -2.09. The van der Waals surface area contributed by atoms with Crippen LogP contribution in [0.3, 0.4) is 0 Å². The lowest BCUT2D eigenvalue weighted by molar-refractivity contribution is 0.0951. The second-order valence-corrected chi connectivity index (χ2v) is 3.89. The zero-order chi connectivity index (χ0) is 13.7. The third kappa shape index (κ3) is 3.31. The Balaban J connectivity index is 2.11. The predicted molar refractivity (Wildman–Crippen MR) is 68.2 cm³/mol. The highest BCUT2D eigenvalue weighted by Gasteiger charge is 2.13. The Bertz CT molecular complexity index is 555. The topological polar surface area (TPSA) is 67.2 Å². The molecule has 1 amide bonds. The summed E-state index contributed by atoms with van der Waals surface area (Å²) in [5.41, 5.74) is 1.02. The molecule has 0 bridgehead atoms. The molecule has 19 heavy (non-hydrogen) atoms. The fourth-order valence-electron chi connectivity index (χ4n) is 1.59. The monoisotopic (exact) mass is 263 g/mol. The minimum atomic E-state index is -0.546. The van der Waals surface area contributed by atoms with Gasteiger partial charge in [0.05, 0.1) is 24.3 Å². The highest BCUT2D eigenvalue weighted by Crippen LogP contribution is 2.13. The minimum Gasteiger partial charge on any atom is -0.472 e. The van der Waals surface area contributed by atoms with E-state index in [2.05, 4.69) is 15.6 Å². The molecule has 2 N–H and O–H groups in total. The standard InChI is InChI=1S/C13H14FN3O2/c1-2-15-12-11(5-10(14)7-16-12)13(18)17-6-9-3-4-19-8-9/h3-5,7-8H,2,6H2,1H3,(H,15,16)(H,17,18). The van der Waals surface area contributed by atoms with Crippen molar-refractivity contribution in [2.24, 2.45) is 0 Å². The number of amides is 1. The molecule has 0 spiro atoms. The molecule has 6 heteroatoms. The van der Waals surface area contributed by atoms with E-state index >= 15 is 0 Å². The summed E-state index contributed by atoms with van der Waals surface area (Å²) in [6.45, 7) is 2.79. The van der Waals surface area contributed by atoms with Crippen LogP contribution in [0.25, 0.3) is 0 Å². The predicted octanol–water partition coefficient (Wildman–Crippen LogP) is 2.18. The van der Waals surface area contributed by atoms with Crippen LogP contribution in [-0.2, 0) is 6.54 Å². The number of furan rings is 1. The van der Waals surface area contributed by atoms with Crippen molar-refractivity contribution in [3.8, 4) is 0 Å². The first-order chi connectivity index (χ1) is 9.20. The zero-order valence-electron chi connectivity index (χ0n) is 10.4. The van der Waals surface area contributed by atoms with Crippen LogP contribution in [-0.4, -0.2) is 17.4 Å². The first kappa shape index (κ1) is 13.1. The van der Waals surface area contributed by atoms with Gasteiger partial charge in [0.15, 0.2) is 0 Å². The van der Waals surface area contributed by atoms with Gasteiger partial charge in [-0.3, -0.25) is 4.79 Å². The third-order valence-corrected chi connectivity index (χ3v) is 2.48. The largest absolute Gasteiger partial charge is 0.472 e. The summed E-state index contributed by atoms with van der Waals surface area (Å²) in [6, 6.07) is 2.91. The normalized spacial score (nSPS) is 10.2. The van der Waals surface area contributed by atoms with E-state index in [9.17, 15) is 9.18 Å². The molecule has 0 aromatic carbocycles. The van der Waals surface area contributed by atoms with Gasteiger partial charge in [0.2, 0.25) is 0 Å². The van der Waals surface area contributed by atoms with Gasteiger partial charge >= 0.3 is 0 Å². The summed E-state index contributed by atoms with van der Waals surface area (Å²) in [6.07, 6.45) is 4.13. The second-order valence-electron chi connectivity index (χ2n) is 3.89. The van der Waals surface area contributed by atoms with E-state index in [1.165, 1.54) is 12.5 Å². The Hall–Kier alpha value is -2.37. The van der Waals surface area contributed by atoms with Crippen LogP contribution in [0.4, 0.5) is 10.2 Å². The molecule has 0 unspecified atom stereocenters. The molecule has 0 aliphatic rings. The van der Waals surface area contributed by atoms with E-state index in [0.717, 1.165) is 17.8 Å². The molecular weight excluding hydrogens is 249 g/mol. The molecule has 2 aromatic heterocycles. The van der Waals surface area contributed by atoms with Crippen molar-refractivity contribution in [2.75, 3.05) is 11.9 Å². The van der Waals surface area contributed by atoms with Gasteiger partial charge in [-0.2, -0.15) is 0 Å². The number of carbonyl (C=O) groups is 1. The summed E-state index contributed by atoms with van der Waals surface area (Å²) in [7, 11) is 0. The number of aromatic nitrogens is 1. The highest BCUT2D eigenvalue weighted by atomic mass is 19.1. The first-order valence-electron chi connectivity index (χ1n) is 5.89. The summed E-state index contributed by atoms with van der Waals surface area (Å²) in [5.74, 6) is -0.562. The maximum absolute atomic E-state index is 13.2. The summed E-state index contributed by atoms with van der Waals surface area (Å²) < 4.78 is 18.1. The van der Waals surface area contributed by atoms with Crippen molar-refractivity contribution >= 4 is 11.7 Å². The zero-order valence-corrected chi connectivity index (χ0v) is 10.4. The Morgan fingerprint density at radius 2 is 2.37 bits per heavy atom. The van der Waals surface area contributed by atoms with Gasteiger partial charge in [0.1, 0.15) is 11.6 Å². The number of hydrogen-bond donors (Lipinski definition) is 2. The van der Waals surface area contributed by atoms with Gasteiger partial charge in [-0.25, -0.2) is 9.37 Å². The van der Waals surface area contributed by atoms with Gasteiger partial charge in [-0.1, -0.05) is 0 Å². The number of halogens is 1. The number of nitrogens with zero attached hydrogens (tertiary/aromatic N) is 1. The van der Waals surface area contributed by atoms with E-state index in [4.69, 9.17) is 4.42 Å². The fraction of sp³-hybridized carbons (Fsp3) is 0.231. The van der Waals surface area contributed by atoms with Crippen molar-refractivity contribution in [3.05, 3.63) is 47.8 Å². The van der Waals surface area contributed by atoms with Crippen LogP contribution in [0.5, 0.6) is 0 Å². The molecule has 5 nitrogen and oxygen atoms in total. The van der Waals surface area contributed by atoms with Gasteiger partial charge in [-0.15, -0.1) is 0 Å². The number of nitrogens with one attached hydrogen (secondary N) is 2. The fourth-order valence-corrected chi connectivity index (χ4v) is 1.59. The Labute approximate surface area is 109 Å². The number of pyridine rings is 1. The molecule has 0 aliphatic heterocycles. The Morgan fingerprint density at radius 3 is 3.05 bits per heavy atom. The Morgan fingerprint density at radius 1 is 1.53 bits per heavy atom. The van der Waals surface area contributed by atoms with Crippen LogP contribution in [0.15, 0.2) is 35.3 Å². The molecule has 0 aliphatic carbocycles. The van der Waals surface area contributed by atoms with Gasteiger partial charge in [-0.05, 0) is 19.1 Å². The lowest BCUT2D eigenvalue weighted by atomic mass is 10.2. The maximum Gasteiger partial charge on any atom is 0.255 e. The van der Waals surface area contributed by atoms with Crippen LogP contribution < -0.4 is 10.6 Å². The molecule has 2 aromatic rings. The van der Waals surface area contributed by atoms with Gasteiger partial charge < -0.3 is 15.1 Å². The average Bonchev–Trinajstić information content (AvgIpc) is 2.91. The molecular formula is C13H14FN3O2. The maximum atomic E-state index is 13.2. The molecule has 0 fully saturated rings. The van der Waals surface area contributed by atoms with E-state index < -0.39 is 5.82 Å². The van der Waals surface area contributed by atoms with Crippen LogP contribution in [0.1, 0.15) is 22.8 Å². The number of anilines is 1. The molecule has 0 radical (unpaired) electrons. The molecule has 2 heterocycles. The van der Waals surface area contributed by atoms with Crippen LogP contribution >= 0.6 is 0 Å². The van der Waals surface area contributed by atoms with Crippen molar-refractivity contribution in [3.63, 3.8) is 0 Å². The molecule has 0 saturated heterocycles. The van der Waals surface area contributed by atoms with Gasteiger partial charge in [0.25, 0.3) is 5.91 Å². The summed E-state index contributed by atoms with van der Waals surface area (Å²) >= 11 is 0. The summed E-state index contributed by atoms with van der Waals surface area (Å²) in [5, 5.41) is 5.60. The molecule has 2 rings (SSSR count). The minimum absolute atomic E-state index is 0.186.